The molecule has 0 aliphatic carbocycles. The fourth-order valence-electron chi connectivity index (χ4n) is 2.09. The van der Waals surface area contributed by atoms with Crippen LogP contribution in [0.2, 0.25) is 10.0 Å². The monoisotopic (exact) mass is 352 g/mol. The number of hydrogen-bond donors (Lipinski definition) is 3. The second-order valence-electron chi connectivity index (χ2n) is 5.05. The van der Waals surface area contributed by atoms with E-state index in [1.165, 1.54) is 0 Å². The molecule has 1 aromatic heterocycles. The summed E-state index contributed by atoms with van der Waals surface area (Å²) in [6.07, 6.45) is -0.810. The number of aromatic nitrogens is 1. The Balaban J connectivity index is 1.88. The summed E-state index contributed by atoms with van der Waals surface area (Å²) in [7, 11) is 0. The number of nitrogens with one attached hydrogen (secondary N) is 1. The van der Waals surface area contributed by atoms with Crippen molar-refractivity contribution in [1.29, 1.82) is 0 Å². The number of benzene rings is 2. The van der Waals surface area contributed by atoms with Gasteiger partial charge >= 0.3 is 0 Å². The topological polar surface area (TPSA) is 78.5 Å². The lowest BCUT2D eigenvalue weighted by molar-refractivity contribution is 0.105. The Morgan fingerprint density at radius 1 is 1.13 bits per heavy atom. The van der Waals surface area contributed by atoms with Gasteiger partial charge in [0.2, 0.25) is 5.89 Å². The summed E-state index contributed by atoms with van der Waals surface area (Å²) in [6.45, 7) is -0.0415. The third kappa shape index (κ3) is 3.59. The number of aliphatic hydroxyl groups excluding tert-OH is 2. The Labute approximate surface area is 142 Å². The first kappa shape index (κ1) is 16.1. The first-order valence-corrected chi connectivity index (χ1v) is 7.71. The zero-order valence-corrected chi connectivity index (χ0v) is 13.5. The van der Waals surface area contributed by atoms with Gasteiger partial charge in [0.25, 0.3) is 0 Å². The molecular formula is C16H14Cl2N2O3. The highest BCUT2D eigenvalue weighted by Gasteiger charge is 2.11. The molecule has 7 heteroatoms. The molecule has 3 aromatic rings. The van der Waals surface area contributed by atoms with E-state index in [0.717, 1.165) is 11.3 Å². The van der Waals surface area contributed by atoms with Crippen LogP contribution in [-0.4, -0.2) is 34.5 Å². The second kappa shape index (κ2) is 6.76. The van der Waals surface area contributed by atoms with Crippen LogP contribution in [-0.2, 0) is 0 Å². The van der Waals surface area contributed by atoms with Crippen LogP contribution >= 0.6 is 23.2 Å². The molecule has 0 aliphatic heterocycles. The van der Waals surface area contributed by atoms with Crippen LogP contribution in [0, 0.1) is 0 Å². The lowest BCUT2D eigenvalue weighted by atomic mass is 10.2. The van der Waals surface area contributed by atoms with Gasteiger partial charge in [-0.1, -0.05) is 23.2 Å². The van der Waals surface area contributed by atoms with Gasteiger partial charge in [0, 0.05) is 17.8 Å². The van der Waals surface area contributed by atoms with Gasteiger partial charge < -0.3 is 19.9 Å². The maximum Gasteiger partial charge on any atom is 0.227 e. The quantitative estimate of drug-likeness (QED) is 0.654. The minimum absolute atomic E-state index is 0.250. The standard InChI is InChI=1S/C16H14Cl2N2O3/c17-12-3-1-9(5-13(12)18)16-20-14-6-10(2-4-15(14)23-16)19-7-11(22)8-21/h1-6,11,19,21-22H,7-8H2. The highest BCUT2D eigenvalue weighted by molar-refractivity contribution is 6.42. The molecule has 0 spiro atoms. The van der Waals surface area contributed by atoms with Crippen molar-refractivity contribution in [2.24, 2.45) is 0 Å². The predicted molar refractivity (Wildman–Crippen MR) is 91.0 cm³/mol. The smallest absolute Gasteiger partial charge is 0.227 e. The van der Waals surface area contributed by atoms with Gasteiger partial charge in [-0.05, 0) is 36.4 Å². The molecule has 0 fully saturated rings. The van der Waals surface area contributed by atoms with Gasteiger partial charge in [-0.2, -0.15) is 0 Å². The molecule has 1 heterocycles. The molecule has 120 valence electrons. The minimum Gasteiger partial charge on any atom is -0.436 e. The van der Waals surface area contributed by atoms with Crippen molar-refractivity contribution in [2.45, 2.75) is 6.10 Å². The SMILES string of the molecule is OCC(O)CNc1ccc2oc(-c3ccc(Cl)c(Cl)c3)nc2c1. The minimum atomic E-state index is -0.810. The number of nitrogens with zero attached hydrogens (tertiary/aromatic N) is 1. The Kier molecular flexibility index (Phi) is 4.73. The lowest BCUT2D eigenvalue weighted by Crippen LogP contribution is -2.22. The summed E-state index contributed by atoms with van der Waals surface area (Å²) < 4.78 is 5.72. The number of anilines is 1. The van der Waals surface area contributed by atoms with E-state index >= 15 is 0 Å². The van der Waals surface area contributed by atoms with Gasteiger partial charge in [-0.3, -0.25) is 0 Å². The number of halogens is 2. The van der Waals surface area contributed by atoms with Crippen LogP contribution < -0.4 is 5.32 Å². The summed E-state index contributed by atoms with van der Waals surface area (Å²) >= 11 is 11.9. The van der Waals surface area contributed by atoms with Crippen LogP contribution in [0.4, 0.5) is 5.69 Å². The second-order valence-corrected chi connectivity index (χ2v) is 5.86. The third-order valence-electron chi connectivity index (χ3n) is 3.31. The third-order valence-corrected chi connectivity index (χ3v) is 4.05. The molecule has 0 saturated carbocycles. The van der Waals surface area contributed by atoms with Crippen LogP contribution in [0.25, 0.3) is 22.6 Å². The summed E-state index contributed by atoms with van der Waals surface area (Å²) in [4.78, 5) is 4.44. The average Bonchev–Trinajstić information content (AvgIpc) is 2.98. The normalized spacial score (nSPS) is 12.5. The Bertz CT molecular complexity index is 835. The molecule has 0 bridgehead atoms. The molecule has 1 atom stereocenters. The van der Waals surface area contributed by atoms with Gasteiger partial charge in [0.1, 0.15) is 5.52 Å². The molecular weight excluding hydrogens is 339 g/mol. The van der Waals surface area contributed by atoms with Crippen molar-refractivity contribution < 1.29 is 14.6 Å². The van der Waals surface area contributed by atoms with Crippen molar-refractivity contribution >= 4 is 40.0 Å². The van der Waals surface area contributed by atoms with Gasteiger partial charge in [-0.25, -0.2) is 4.98 Å². The average molecular weight is 353 g/mol. The van der Waals surface area contributed by atoms with Gasteiger partial charge in [-0.15, -0.1) is 0 Å². The van der Waals surface area contributed by atoms with Crippen LogP contribution in [0.15, 0.2) is 40.8 Å². The largest absolute Gasteiger partial charge is 0.436 e. The Hall–Kier alpha value is -1.79. The predicted octanol–water partition coefficient (Wildman–Crippen LogP) is 3.57. The maximum absolute atomic E-state index is 9.36. The van der Waals surface area contributed by atoms with Crippen molar-refractivity contribution in [3.8, 4) is 11.5 Å². The highest BCUT2D eigenvalue weighted by Crippen LogP contribution is 2.30. The maximum atomic E-state index is 9.36. The summed E-state index contributed by atoms with van der Waals surface area (Å²) in [5.41, 5.74) is 2.83. The molecule has 0 amide bonds. The van der Waals surface area contributed by atoms with E-state index in [4.69, 9.17) is 32.7 Å². The fraction of sp³-hybridized carbons (Fsp3) is 0.188. The summed E-state index contributed by atoms with van der Waals surface area (Å²) in [5, 5.41) is 22.1. The molecule has 0 radical (unpaired) electrons. The molecule has 3 rings (SSSR count). The number of fused-ring (bicyclic) bond motifs is 1. The van der Waals surface area contributed by atoms with Crippen molar-refractivity contribution in [3.63, 3.8) is 0 Å². The van der Waals surface area contributed by atoms with Crippen molar-refractivity contribution in [2.75, 3.05) is 18.5 Å². The fourth-order valence-corrected chi connectivity index (χ4v) is 2.39. The zero-order valence-electron chi connectivity index (χ0n) is 12.0. The number of rotatable bonds is 5. The van der Waals surface area contributed by atoms with E-state index in [0.29, 0.717) is 27.0 Å². The number of oxazole rings is 1. The summed E-state index contributed by atoms with van der Waals surface area (Å²) in [5.74, 6) is 0.450. The van der Waals surface area contributed by atoms with Crippen LogP contribution in [0.1, 0.15) is 0 Å². The van der Waals surface area contributed by atoms with Gasteiger partial charge in [0.15, 0.2) is 5.58 Å². The van der Waals surface area contributed by atoms with E-state index in [1.807, 2.05) is 12.1 Å². The first-order valence-electron chi connectivity index (χ1n) is 6.95. The Morgan fingerprint density at radius 3 is 2.70 bits per heavy atom. The molecule has 2 aromatic carbocycles. The zero-order chi connectivity index (χ0) is 16.4. The molecule has 1 unspecified atom stereocenters. The van der Waals surface area contributed by atoms with Crippen LogP contribution in [0.5, 0.6) is 0 Å². The van der Waals surface area contributed by atoms with Crippen LogP contribution in [0.3, 0.4) is 0 Å². The van der Waals surface area contributed by atoms with E-state index in [2.05, 4.69) is 10.3 Å². The van der Waals surface area contributed by atoms with E-state index in [-0.39, 0.29) is 13.2 Å². The highest BCUT2D eigenvalue weighted by atomic mass is 35.5. The molecule has 0 saturated heterocycles. The molecule has 0 aliphatic rings. The molecule has 3 N–H and O–H groups in total. The molecule has 23 heavy (non-hydrogen) atoms. The van der Waals surface area contributed by atoms with E-state index < -0.39 is 6.10 Å². The van der Waals surface area contributed by atoms with Gasteiger partial charge in [0.05, 0.1) is 22.8 Å². The van der Waals surface area contributed by atoms with E-state index in [1.54, 1.807) is 24.3 Å². The van der Waals surface area contributed by atoms with Crippen molar-refractivity contribution in [3.05, 3.63) is 46.4 Å². The first-order chi connectivity index (χ1) is 11.1. The lowest BCUT2D eigenvalue weighted by Gasteiger charge is -2.09. The van der Waals surface area contributed by atoms with E-state index in [9.17, 15) is 5.11 Å². The number of aliphatic hydroxyl groups is 2. The Morgan fingerprint density at radius 2 is 1.96 bits per heavy atom. The molecule has 5 nitrogen and oxygen atoms in total. The summed E-state index contributed by atoms with van der Waals surface area (Å²) in [6, 6.07) is 10.6. The number of hydrogen-bond acceptors (Lipinski definition) is 5. The van der Waals surface area contributed by atoms with Crippen molar-refractivity contribution in [1.82, 2.24) is 4.98 Å².